The highest BCUT2D eigenvalue weighted by molar-refractivity contribution is 7.14. The molecule has 1 aromatic heterocycles. The van der Waals surface area contributed by atoms with Crippen molar-refractivity contribution in [1.82, 2.24) is 10.9 Å². The molecule has 0 saturated carbocycles. The number of nitro benzene ring substituents is 1. The molecule has 0 saturated heterocycles. The van der Waals surface area contributed by atoms with Gasteiger partial charge >= 0.3 is 0 Å². The third-order valence-electron chi connectivity index (χ3n) is 3.92. The Hall–Kier alpha value is -2.74. The summed E-state index contributed by atoms with van der Waals surface area (Å²) in [6, 6.07) is 5.91. The number of aryl methyl sites for hydroxylation is 3. The van der Waals surface area contributed by atoms with Crippen molar-refractivity contribution < 1.29 is 14.5 Å². The van der Waals surface area contributed by atoms with Crippen molar-refractivity contribution in [3.63, 3.8) is 0 Å². The molecule has 1 aromatic carbocycles. The molecule has 0 aliphatic heterocycles. The number of carbonyl (C=O) groups is 2. The van der Waals surface area contributed by atoms with E-state index in [0.717, 1.165) is 19.3 Å². The second-order valence-electron chi connectivity index (χ2n) is 5.58. The first-order chi connectivity index (χ1) is 11.5. The molecule has 2 N–H and O–H groups in total. The summed E-state index contributed by atoms with van der Waals surface area (Å²) in [5, 5.41) is 10.8. The molecule has 0 atom stereocenters. The van der Waals surface area contributed by atoms with Gasteiger partial charge in [0.1, 0.15) is 0 Å². The predicted octanol–water partition coefficient (Wildman–Crippen LogP) is 2.53. The minimum atomic E-state index is -0.523. The highest BCUT2D eigenvalue weighted by Crippen LogP contribution is 2.30. The highest BCUT2D eigenvalue weighted by atomic mass is 32.1. The molecule has 124 valence electrons. The van der Waals surface area contributed by atoms with E-state index in [9.17, 15) is 19.7 Å². The largest absolute Gasteiger partial charge is 0.279 e. The second-order valence-corrected chi connectivity index (χ2v) is 6.72. The molecule has 0 spiro atoms. The SMILES string of the molecule is Cc1cc(C(=O)NNC(=O)c2cc3c(s2)CCC3)ccc1[N+](=O)[O-]. The molecular weight excluding hydrogens is 330 g/mol. The molecule has 2 amide bonds. The molecule has 2 aromatic rings. The van der Waals surface area contributed by atoms with Gasteiger partial charge in [0.2, 0.25) is 0 Å². The average molecular weight is 345 g/mol. The maximum absolute atomic E-state index is 12.1. The number of hydrogen-bond donors (Lipinski definition) is 2. The molecule has 24 heavy (non-hydrogen) atoms. The van der Waals surface area contributed by atoms with E-state index in [4.69, 9.17) is 0 Å². The Morgan fingerprint density at radius 2 is 1.92 bits per heavy atom. The van der Waals surface area contributed by atoms with Crippen LogP contribution in [0.25, 0.3) is 0 Å². The zero-order chi connectivity index (χ0) is 17.3. The van der Waals surface area contributed by atoms with Crippen LogP contribution < -0.4 is 10.9 Å². The van der Waals surface area contributed by atoms with Crippen LogP contribution in [-0.2, 0) is 12.8 Å². The Morgan fingerprint density at radius 1 is 1.17 bits per heavy atom. The monoisotopic (exact) mass is 345 g/mol. The summed E-state index contributed by atoms with van der Waals surface area (Å²) in [7, 11) is 0. The molecule has 0 fully saturated rings. The van der Waals surface area contributed by atoms with E-state index in [-0.39, 0.29) is 17.2 Å². The summed E-state index contributed by atoms with van der Waals surface area (Å²) in [5.41, 5.74) is 6.50. The summed E-state index contributed by atoms with van der Waals surface area (Å²) in [6.45, 7) is 1.56. The maximum Gasteiger partial charge on any atom is 0.279 e. The minimum absolute atomic E-state index is 0.0521. The van der Waals surface area contributed by atoms with Gasteiger partial charge in [0.25, 0.3) is 17.5 Å². The smallest absolute Gasteiger partial charge is 0.267 e. The third kappa shape index (κ3) is 3.13. The van der Waals surface area contributed by atoms with Crippen molar-refractivity contribution in [1.29, 1.82) is 0 Å². The van der Waals surface area contributed by atoms with Crippen LogP contribution >= 0.6 is 11.3 Å². The Balaban J connectivity index is 1.63. The van der Waals surface area contributed by atoms with Gasteiger partial charge in [0, 0.05) is 22.1 Å². The molecule has 8 heteroatoms. The Morgan fingerprint density at radius 3 is 2.58 bits per heavy atom. The quantitative estimate of drug-likeness (QED) is 0.659. The number of amides is 2. The lowest BCUT2D eigenvalue weighted by molar-refractivity contribution is -0.385. The van der Waals surface area contributed by atoms with E-state index in [1.807, 2.05) is 6.07 Å². The van der Waals surface area contributed by atoms with Crippen molar-refractivity contribution in [3.05, 3.63) is 60.8 Å². The first-order valence-electron chi connectivity index (χ1n) is 7.43. The van der Waals surface area contributed by atoms with Gasteiger partial charge in [0.05, 0.1) is 9.80 Å². The first-order valence-corrected chi connectivity index (χ1v) is 8.24. The molecular formula is C16H15N3O4S. The van der Waals surface area contributed by atoms with Crippen molar-refractivity contribution in [2.45, 2.75) is 26.2 Å². The van der Waals surface area contributed by atoms with E-state index in [0.29, 0.717) is 10.4 Å². The van der Waals surface area contributed by atoms with Crippen LogP contribution in [0.4, 0.5) is 5.69 Å². The lowest BCUT2D eigenvalue weighted by Gasteiger charge is -2.07. The number of hydrazine groups is 1. The lowest BCUT2D eigenvalue weighted by atomic mass is 10.1. The number of nitrogens with zero attached hydrogens (tertiary/aromatic N) is 1. The molecule has 0 radical (unpaired) electrons. The van der Waals surface area contributed by atoms with Gasteiger partial charge in [0.15, 0.2) is 0 Å². The molecule has 1 heterocycles. The number of nitro groups is 1. The molecule has 1 aliphatic carbocycles. The van der Waals surface area contributed by atoms with Crippen LogP contribution in [0.3, 0.4) is 0 Å². The number of thiophene rings is 1. The van der Waals surface area contributed by atoms with Crippen LogP contribution in [0.5, 0.6) is 0 Å². The number of rotatable bonds is 3. The Kier molecular flexibility index (Phi) is 4.30. The average Bonchev–Trinajstić information content (AvgIpc) is 3.13. The third-order valence-corrected chi connectivity index (χ3v) is 5.15. The number of benzene rings is 1. The molecule has 0 unspecified atom stereocenters. The Bertz CT molecular complexity index is 822. The van der Waals surface area contributed by atoms with E-state index in [2.05, 4.69) is 10.9 Å². The topological polar surface area (TPSA) is 101 Å². The summed E-state index contributed by atoms with van der Waals surface area (Å²) in [6.07, 6.45) is 3.12. The number of nitrogens with one attached hydrogen (secondary N) is 2. The van der Waals surface area contributed by atoms with Crippen molar-refractivity contribution in [2.75, 3.05) is 0 Å². The minimum Gasteiger partial charge on any atom is -0.267 e. The molecule has 0 bridgehead atoms. The van der Waals surface area contributed by atoms with Crippen molar-refractivity contribution in [2.24, 2.45) is 0 Å². The number of hydrogen-bond acceptors (Lipinski definition) is 5. The normalized spacial score (nSPS) is 12.5. The fourth-order valence-corrected chi connectivity index (χ4v) is 3.84. The van der Waals surface area contributed by atoms with Crippen LogP contribution in [0.15, 0.2) is 24.3 Å². The zero-order valence-corrected chi connectivity index (χ0v) is 13.7. The lowest BCUT2D eigenvalue weighted by Crippen LogP contribution is -2.41. The molecule has 7 nitrogen and oxygen atoms in total. The van der Waals surface area contributed by atoms with Crippen molar-refractivity contribution in [3.8, 4) is 0 Å². The van der Waals surface area contributed by atoms with Crippen molar-refractivity contribution >= 4 is 28.8 Å². The van der Waals surface area contributed by atoms with E-state index in [1.54, 1.807) is 6.92 Å². The fourth-order valence-electron chi connectivity index (χ4n) is 2.69. The standard InChI is InChI=1S/C16H15N3O4S/c1-9-7-11(5-6-12(9)19(22)23)15(20)17-18-16(21)14-8-10-3-2-4-13(10)24-14/h5-8H,2-4H2,1H3,(H,17,20)(H,18,21). The van der Waals surface area contributed by atoms with Crippen LogP contribution in [0.1, 0.15) is 42.5 Å². The summed E-state index contributed by atoms with van der Waals surface area (Å²) in [4.78, 5) is 36.2. The van der Waals surface area contributed by atoms with Gasteiger partial charge in [-0.2, -0.15) is 0 Å². The van der Waals surface area contributed by atoms with Gasteiger partial charge in [-0.25, -0.2) is 0 Å². The van der Waals surface area contributed by atoms with E-state index < -0.39 is 10.8 Å². The summed E-state index contributed by atoms with van der Waals surface area (Å²) < 4.78 is 0. The Labute approximate surface area is 141 Å². The van der Waals surface area contributed by atoms with E-state index >= 15 is 0 Å². The molecule has 3 rings (SSSR count). The first kappa shape index (κ1) is 16.1. The van der Waals surface area contributed by atoms with Gasteiger partial charge in [-0.1, -0.05) is 0 Å². The number of fused-ring (bicyclic) bond motifs is 1. The van der Waals surface area contributed by atoms with Gasteiger partial charge in [-0.15, -0.1) is 11.3 Å². The van der Waals surface area contributed by atoms with Gasteiger partial charge < -0.3 is 0 Å². The number of carbonyl (C=O) groups excluding carboxylic acids is 2. The summed E-state index contributed by atoms with van der Waals surface area (Å²) >= 11 is 1.45. The van der Waals surface area contributed by atoms with Gasteiger partial charge in [-0.3, -0.25) is 30.6 Å². The molecule has 1 aliphatic rings. The summed E-state index contributed by atoms with van der Waals surface area (Å²) in [5.74, 6) is -0.883. The maximum atomic E-state index is 12.1. The van der Waals surface area contributed by atoms with E-state index in [1.165, 1.54) is 40.0 Å². The van der Waals surface area contributed by atoms with Crippen LogP contribution in [0.2, 0.25) is 0 Å². The highest BCUT2D eigenvalue weighted by Gasteiger charge is 2.19. The zero-order valence-electron chi connectivity index (χ0n) is 12.9. The van der Waals surface area contributed by atoms with Crippen LogP contribution in [0, 0.1) is 17.0 Å². The van der Waals surface area contributed by atoms with Gasteiger partial charge in [-0.05, 0) is 49.9 Å². The van der Waals surface area contributed by atoms with Crippen LogP contribution in [-0.4, -0.2) is 16.7 Å². The second kappa shape index (κ2) is 6.40. The predicted molar refractivity (Wildman–Crippen MR) is 89.1 cm³/mol. The fraction of sp³-hybridized carbons (Fsp3) is 0.250.